The molecule has 9 heteroatoms. The summed E-state index contributed by atoms with van der Waals surface area (Å²) >= 11 is 5.86. The second-order valence-electron chi connectivity index (χ2n) is 8.49. The fourth-order valence-corrected chi connectivity index (χ4v) is 4.36. The standard InChI is InChI=1S/C23H28ClN5O3/c1-14-8-16-9-18(6-4-15(16)12-28(14)2)26-22(30)20-10-19(32-3)13-29(20)23(31)27-21-7-5-17(24)11-25-21/h4-7,9,11,14,19-20H,8,10,12-13H2,1-3H3,(H,26,30)(H,25,27,31)/t14?,19?,20-/m1/s1. The monoisotopic (exact) mass is 457 g/mol. The minimum absolute atomic E-state index is 0.213. The molecule has 8 nitrogen and oxygen atoms in total. The zero-order valence-electron chi connectivity index (χ0n) is 18.5. The second-order valence-corrected chi connectivity index (χ2v) is 8.93. The van der Waals surface area contributed by atoms with Gasteiger partial charge in [0, 0.05) is 44.5 Å². The van der Waals surface area contributed by atoms with Gasteiger partial charge in [0.15, 0.2) is 0 Å². The molecule has 0 spiro atoms. The molecule has 2 aliphatic heterocycles. The van der Waals surface area contributed by atoms with Gasteiger partial charge in [-0.05, 0) is 55.8 Å². The summed E-state index contributed by atoms with van der Waals surface area (Å²) in [6, 6.07) is 8.70. The summed E-state index contributed by atoms with van der Waals surface area (Å²) in [7, 11) is 3.71. The average molecular weight is 458 g/mol. The van der Waals surface area contributed by atoms with Gasteiger partial charge in [0.1, 0.15) is 11.9 Å². The number of carbonyl (C=O) groups excluding carboxylic acids is 2. The first-order chi connectivity index (χ1) is 15.3. The van der Waals surface area contributed by atoms with Gasteiger partial charge in [0.05, 0.1) is 11.1 Å². The fourth-order valence-electron chi connectivity index (χ4n) is 4.24. The molecule has 1 fully saturated rings. The summed E-state index contributed by atoms with van der Waals surface area (Å²) in [5.74, 6) is 0.137. The largest absolute Gasteiger partial charge is 0.380 e. The number of fused-ring (bicyclic) bond motifs is 1. The number of benzene rings is 1. The fraction of sp³-hybridized carbons (Fsp3) is 0.435. The van der Waals surface area contributed by atoms with E-state index in [9.17, 15) is 9.59 Å². The highest BCUT2D eigenvalue weighted by atomic mass is 35.5. The molecular weight excluding hydrogens is 430 g/mol. The Hall–Kier alpha value is -2.68. The van der Waals surface area contributed by atoms with E-state index in [1.165, 1.54) is 22.2 Å². The Kier molecular flexibility index (Phi) is 6.64. The van der Waals surface area contributed by atoms with Crippen LogP contribution < -0.4 is 10.6 Å². The number of urea groups is 1. The molecular formula is C23H28ClN5O3. The Balaban J connectivity index is 1.46. The number of methoxy groups -OCH3 is 1. The van der Waals surface area contributed by atoms with Crippen molar-refractivity contribution in [2.45, 2.75) is 44.5 Å². The number of hydrogen-bond acceptors (Lipinski definition) is 5. The maximum atomic E-state index is 13.1. The van der Waals surface area contributed by atoms with E-state index in [4.69, 9.17) is 16.3 Å². The third kappa shape index (κ3) is 4.87. The van der Waals surface area contributed by atoms with Gasteiger partial charge in [0.2, 0.25) is 5.91 Å². The van der Waals surface area contributed by atoms with Crippen LogP contribution in [0.3, 0.4) is 0 Å². The number of anilines is 2. The van der Waals surface area contributed by atoms with Crippen LogP contribution in [0, 0.1) is 0 Å². The Morgan fingerprint density at radius 2 is 2.00 bits per heavy atom. The number of carbonyl (C=O) groups is 2. The lowest BCUT2D eigenvalue weighted by molar-refractivity contribution is -0.119. The van der Waals surface area contributed by atoms with Gasteiger partial charge in [-0.3, -0.25) is 15.0 Å². The maximum Gasteiger partial charge on any atom is 0.323 e. The predicted molar refractivity (Wildman–Crippen MR) is 124 cm³/mol. The average Bonchev–Trinajstić information content (AvgIpc) is 3.21. The SMILES string of the molecule is COC1C[C@H](C(=O)Nc2ccc3c(c2)CC(C)N(C)C3)N(C(=O)Nc2ccc(Cl)cn2)C1. The number of likely N-dealkylation sites (tertiary alicyclic amines) is 1. The zero-order valence-corrected chi connectivity index (χ0v) is 19.2. The highest BCUT2D eigenvalue weighted by Crippen LogP contribution is 2.27. The van der Waals surface area contributed by atoms with Crippen LogP contribution in [-0.2, 0) is 22.5 Å². The van der Waals surface area contributed by atoms with Crippen LogP contribution in [0.15, 0.2) is 36.5 Å². The molecule has 2 aromatic rings. The molecule has 0 radical (unpaired) electrons. The normalized spacial score (nSPS) is 23.0. The van der Waals surface area contributed by atoms with Crippen molar-refractivity contribution >= 4 is 35.0 Å². The van der Waals surface area contributed by atoms with E-state index in [-0.39, 0.29) is 12.0 Å². The zero-order chi connectivity index (χ0) is 22.8. The van der Waals surface area contributed by atoms with Gasteiger partial charge >= 0.3 is 6.03 Å². The first-order valence-corrected chi connectivity index (χ1v) is 11.1. The molecule has 3 amide bonds. The van der Waals surface area contributed by atoms with Crippen molar-refractivity contribution in [1.29, 1.82) is 0 Å². The maximum absolute atomic E-state index is 13.1. The summed E-state index contributed by atoms with van der Waals surface area (Å²) in [6.45, 7) is 3.42. The molecule has 2 N–H and O–H groups in total. The molecule has 1 aromatic heterocycles. The van der Waals surface area contributed by atoms with Gasteiger partial charge < -0.3 is 15.0 Å². The molecule has 0 aliphatic carbocycles. The van der Waals surface area contributed by atoms with Gasteiger partial charge in [-0.2, -0.15) is 0 Å². The van der Waals surface area contributed by atoms with E-state index >= 15 is 0 Å². The molecule has 32 heavy (non-hydrogen) atoms. The second kappa shape index (κ2) is 9.44. The van der Waals surface area contributed by atoms with Crippen molar-refractivity contribution in [2.24, 2.45) is 0 Å². The van der Waals surface area contributed by atoms with Gasteiger partial charge in [-0.25, -0.2) is 9.78 Å². The van der Waals surface area contributed by atoms with Crippen LogP contribution in [0.5, 0.6) is 0 Å². The molecule has 4 rings (SSSR count). The summed E-state index contributed by atoms with van der Waals surface area (Å²) < 4.78 is 5.44. The lowest BCUT2D eigenvalue weighted by Gasteiger charge is -2.32. The van der Waals surface area contributed by atoms with E-state index in [0.717, 1.165) is 18.7 Å². The quantitative estimate of drug-likeness (QED) is 0.735. The number of rotatable bonds is 4. The number of hydrogen-bond donors (Lipinski definition) is 2. The number of ether oxygens (including phenoxy) is 1. The number of aromatic nitrogens is 1. The van der Waals surface area contributed by atoms with Crippen LogP contribution in [0.25, 0.3) is 0 Å². The van der Waals surface area contributed by atoms with Gasteiger partial charge in [0.25, 0.3) is 0 Å². The third-order valence-corrected chi connectivity index (χ3v) is 6.51. The number of amides is 3. The van der Waals surface area contributed by atoms with E-state index in [1.54, 1.807) is 19.2 Å². The predicted octanol–water partition coefficient (Wildman–Crippen LogP) is 3.37. The molecule has 2 aliphatic rings. The number of pyridine rings is 1. The topological polar surface area (TPSA) is 86.8 Å². The van der Waals surface area contributed by atoms with Crippen molar-refractivity contribution in [3.8, 4) is 0 Å². The molecule has 0 saturated carbocycles. The van der Waals surface area contributed by atoms with E-state index in [1.807, 2.05) is 12.1 Å². The molecule has 2 unspecified atom stereocenters. The summed E-state index contributed by atoms with van der Waals surface area (Å²) in [5, 5.41) is 6.21. The summed E-state index contributed by atoms with van der Waals surface area (Å²) in [4.78, 5) is 33.9. The minimum atomic E-state index is -0.645. The molecule has 3 heterocycles. The van der Waals surface area contributed by atoms with Crippen LogP contribution in [0.4, 0.5) is 16.3 Å². The smallest absolute Gasteiger partial charge is 0.323 e. The van der Waals surface area contributed by atoms with Gasteiger partial charge in [-0.1, -0.05) is 17.7 Å². The number of likely N-dealkylation sites (N-methyl/N-ethyl adjacent to an activating group) is 1. The van der Waals surface area contributed by atoms with Crippen molar-refractivity contribution < 1.29 is 14.3 Å². The number of nitrogens with zero attached hydrogens (tertiary/aromatic N) is 3. The van der Waals surface area contributed by atoms with Crippen LogP contribution in [-0.4, -0.2) is 65.6 Å². The summed E-state index contributed by atoms with van der Waals surface area (Å²) in [6.07, 6.45) is 2.61. The lowest BCUT2D eigenvalue weighted by atomic mass is 9.95. The number of nitrogens with one attached hydrogen (secondary N) is 2. The van der Waals surface area contributed by atoms with Crippen molar-refractivity contribution in [3.05, 3.63) is 52.7 Å². The Morgan fingerprint density at radius 1 is 1.19 bits per heavy atom. The Morgan fingerprint density at radius 3 is 2.72 bits per heavy atom. The van der Waals surface area contributed by atoms with Crippen molar-refractivity contribution in [2.75, 3.05) is 31.3 Å². The van der Waals surface area contributed by atoms with E-state index < -0.39 is 12.1 Å². The first kappa shape index (κ1) is 22.5. The lowest BCUT2D eigenvalue weighted by Crippen LogP contribution is -2.45. The highest BCUT2D eigenvalue weighted by molar-refractivity contribution is 6.30. The van der Waals surface area contributed by atoms with Crippen molar-refractivity contribution in [1.82, 2.24) is 14.8 Å². The van der Waals surface area contributed by atoms with E-state index in [0.29, 0.717) is 29.8 Å². The first-order valence-electron chi connectivity index (χ1n) is 10.7. The Bertz CT molecular complexity index is 1000. The number of halogens is 1. The van der Waals surface area contributed by atoms with Crippen LogP contribution in [0.2, 0.25) is 5.02 Å². The molecule has 1 saturated heterocycles. The van der Waals surface area contributed by atoms with E-state index in [2.05, 4.69) is 40.6 Å². The third-order valence-electron chi connectivity index (χ3n) is 6.28. The molecule has 170 valence electrons. The molecule has 1 aromatic carbocycles. The Labute approximate surface area is 192 Å². The van der Waals surface area contributed by atoms with Crippen molar-refractivity contribution in [3.63, 3.8) is 0 Å². The summed E-state index contributed by atoms with van der Waals surface area (Å²) in [5.41, 5.74) is 3.27. The molecule has 3 atom stereocenters. The highest BCUT2D eigenvalue weighted by Gasteiger charge is 2.40. The van der Waals surface area contributed by atoms with Gasteiger partial charge in [-0.15, -0.1) is 0 Å². The van der Waals surface area contributed by atoms with Crippen LogP contribution in [0.1, 0.15) is 24.5 Å². The van der Waals surface area contributed by atoms with Crippen LogP contribution >= 0.6 is 11.6 Å². The molecule has 0 bridgehead atoms. The minimum Gasteiger partial charge on any atom is -0.380 e.